The van der Waals surface area contributed by atoms with E-state index < -0.39 is 0 Å². The summed E-state index contributed by atoms with van der Waals surface area (Å²) in [5, 5.41) is 3.73. The number of halogens is 2. The summed E-state index contributed by atoms with van der Waals surface area (Å²) >= 11 is 12.3. The molecule has 1 saturated heterocycles. The summed E-state index contributed by atoms with van der Waals surface area (Å²) in [5.74, 6) is -0.426. The first kappa shape index (κ1) is 12.9. The first-order valence-electron chi connectivity index (χ1n) is 6.10. The van der Waals surface area contributed by atoms with Gasteiger partial charge in [-0.2, -0.15) is 0 Å². The van der Waals surface area contributed by atoms with Gasteiger partial charge in [0.1, 0.15) is 0 Å². The van der Waals surface area contributed by atoms with E-state index in [9.17, 15) is 9.59 Å². The van der Waals surface area contributed by atoms with E-state index in [4.69, 9.17) is 23.2 Å². The fourth-order valence-corrected chi connectivity index (χ4v) is 3.16. The molecule has 4 nitrogen and oxygen atoms in total. The lowest BCUT2D eigenvalue weighted by atomic mass is 10.0. The average molecular weight is 299 g/mol. The van der Waals surface area contributed by atoms with Crippen molar-refractivity contribution in [1.82, 2.24) is 10.2 Å². The number of fused-ring (bicyclic) bond motifs is 1. The van der Waals surface area contributed by atoms with Crippen LogP contribution in [0.2, 0.25) is 10.0 Å². The third kappa shape index (κ3) is 2.24. The number of imide groups is 1. The zero-order valence-electron chi connectivity index (χ0n) is 10.1. The quantitative estimate of drug-likeness (QED) is 0.808. The van der Waals surface area contributed by atoms with Gasteiger partial charge in [-0.15, -0.1) is 0 Å². The summed E-state index contributed by atoms with van der Waals surface area (Å²) in [4.78, 5) is 25.1. The fraction of sp³-hybridized carbons (Fsp3) is 0.385. The van der Waals surface area contributed by atoms with E-state index in [0.717, 1.165) is 11.1 Å². The van der Waals surface area contributed by atoms with Gasteiger partial charge in [0, 0.05) is 29.6 Å². The zero-order valence-corrected chi connectivity index (χ0v) is 11.6. The van der Waals surface area contributed by atoms with Crippen molar-refractivity contribution in [3.63, 3.8) is 0 Å². The van der Waals surface area contributed by atoms with E-state index in [-0.39, 0.29) is 17.9 Å². The molecule has 2 aliphatic heterocycles. The minimum absolute atomic E-state index is 0.200. The van der Waals surface area contributed by atoms with Gasteiger partial charge in [0.25, 0.3) is 0 Å². The lowest BCUT2D eigenvalue weighted by Crippen LogP contribution is -2.50. The second kappa shape index (κ2) is 4.78. The number of nitrogens with one attached hydrogen (secondary N) is 1. The predicted molar refractivity (Wildman–Crippen MR) is 71.9 cm³/mol. The number of carbonyl (C=O) groups excluding carboxylic acids is 2. The van der Waals surface area contributed by atoms with Gasteiger partial charge in [-0.3, -0.25) is 19.8 Å². The molecule has 19 heavy (non-hydrogen) atoms. The van der Waals surface area contributed by atoms with Crippen LogP contribution in [0.15, 0.2) is 12.1 Å². The molecule has 1 aromatic rings. The molecule has 2 amide bonds. The molecule has 0 bridgehead atoms. The van der Waals surface area contributed by atoms with Crippen LogP contribution in [0.4, 0.5) is 0 Å². The zero-order chi connectivity index (χ0) is 13.6. The van der Waals surface area contributed by atoms with Crippen LogP contribution >= 0.6 is 23.2 Å². The van der Waals surface area contributed by atoms with Crippen LogP contribution in [0.1, 0.15) is 24.0 Å². The van der Waals surface area contributed by atoms with Gasteiger partial charge < -0.3 is 0 Å². The molecule has 1 N–H and O–H groups in total. The van der Waals surface area contributed by atoms with E-state index in [1.165, 1.54) is 0 Å². The van der Waals surface area contributed by atoms with Crippen molar-refractivity contribution in [2.75, 3.05) is 0 Å². The van der Waals surface area contributed by atoms with Gasteiger partial charge in [0.15, 0.2) is 0 Å². The molecule has 6 heteroatoms. The van der Waals surface area contributed by atoms with Crippen LogP contribution in [0, 0.1) is 0 Å². The van der Waals surface area contributed by atoms with Gasteiger partial charge in [-0.05, 0) is 29.7 Å². The molecular formula is C13H12Cl2N2O2. The highest BCUT2D eigenvalue weighted by molar-refractivity contribution is 6.34. The van der Waals surface area contributed by atoms with Crippen LogP contribution in [0.5, 0.6) is 0 Å². The molecule has 1 atom stereocenters. The molecule has 0 aromatic heterocycles. The van der Waals surface area contributed by atoms with Crippen LogP contribution in [-0.2, 0) is 22.7 Å². The summed E-state index contributed by atoms with van der Waals surface area (Å²) in [5.41, 5.74) is 1.97. The van der Waals surface area contributed by atoms with Gasteiger partial charge >= 0.3 is 0 Å². The molecule has 1 aromatic carbocycles. The summed E-state index contributed by atoms with van der Waals surface area (Å²) < 4.78 is 0. The highest BCUT2D eigenvalue weighted by Gasteiger charge is 2.35. The maximum atomic E-state index is 11.9. The van der Waals surface area contributed by atoms with Crippen molar-refractivity contribution in [1.29, 1.82) is 0 Å². The Morgan fingerprint density at radius 2 is 1.68 bits per heavy atom. The van der Waals surface area contributed by atoms with E-state index >= 15 is 0 Å². The Hall–Kier alpha value is -1.10. The fourth-order valence-electron chi connectivity index (χ4n) is 2.69. The van der Waals surface area contributed by atoms with Gasteiger partial charge in [0.2, 0.25) is 11.8 Å². The number of benzene rings is 1. The third-order valence-corrected chi connectivity index (χ3v) is 4.40. The van der Waals surface area contributed by atoms with E-state index in [1.54, 1.807) is 12.1 Å². The molecule has 1 unspecified atom stereocenters. The first-order valence-corrected chi connectivity index (χ1v) is 6.85. The molecule has 2 aliphatic rings. The number of rotatable bonds is 1. The molecule has 0 radical (unpaired) electrons. The number of piperidine rings is 1. The number of nitrogens with zero attached hydrogens (tertiary/aromatic N) is 1. The van der Waals surface area contributed by atoms with E-state index in [1.807, 2.05) is 4.90 Å². The van der Waals surface area contributed by atoms with Crippen LogP contribution < -0.4 is 5.32 Å². The third-order valence-electron chi connectivity index (χ3n) is 3.69. The van der Waals surface area contributed by atoms with Crippen molar-refractivity contribution in [3.05, 3.63) is 33.3 Å². The van der Waals surface area contributed by atoms with Crippen LogP contribution in [0.3, 0.4) is 0 Å². The van der Waals surface area contributed by atoms with Crippen molar-refractivity contribution < 1.29 is 9.59 Å². The Labute approximate surface area is 120 Å². The maximum Gasteiger partial charge on any atom is 0.243 e. The number of hydrogen-bond acceptors (Lipinski definition) is 3. The summed E-state index contributed by atoms with van der Waals surface area (Å²) in [6.45, 7) is 1.20. The summed E-state index contributed by atoms with van der Waals surface area (Å²) in [6, 6.07) is 3.27. The van der Waals surface area contributed by atoms with Gasteiger partial charge in [-0.1, -0.05) is 23.2 Å². The monoisotopic (exact) mass is 298 g/mol. The molecule has 3 rings (SSSR count). The molecule has 1 fully saturated rings. The Morgan fingerprint density at radius 3 is 2.21 bits per heavy atom. The Bertz CT molecular complexity index is 543. The smallest absolute Gasteiger partial charge is 0.243 e. The van der Waals surface area contributed by atoms with Crippen molar-refractivity contribution in [3.8, 4) is 0 Å². The Balaban J connectivity index is 1.84. The summed E-state index contributed by atoms with van der Waals surface area (Å²) in [6.07, 6.45) is 0.929. The predicted octanol–water partition coefficient (Wildman–Crippen LogP) is 2.11. The lowest BCUT2D eigenvalue weighted by molar-refractivity contribution is -0.137. The standard InChI is InChI=1S/C13H12Cl2N2O2/c14-9-1-2-10(15)8-6-17(5-7(8)9)11-3-4-12(18)16-13(11)19/h1-2,11H,3-6H2,(H,16,18,19). The number of hydrogen-bond donors (Lipinski definition) is 1. The number of amides is 2. The minimum Gasteiger partial charge on any atom is -0.295 e. The van der Waals surface area contributed by atoms with Crippen LogP contribution in [-0.4, -0.2) is 22.8 Å². The molecular weight excluding hydrogens is 287 g/mol. The molecule has 0 aliphatic carbocycles. The summed E-state index contributed by atoms with van der Waals surface area (Å²) in [7, 11) is 0. The highest BCUT2D eigenvalue weighted by atomic mass is 35.5. The van der Waals surface area contributed by atoms with E-state index in [2.05, 4.69) is 5.32 Å². The topological polar surface area (TPSA) is 49.4 Å². The molecule has 100 valence electrons. The normalized spacial score (nSPS) is 23.4. The maximum absolute atomic E-state index is 11.9. The Morgan fingerprint density at radius 1 is 1.11 bits per heavy atom. The van der Waals surface area contributed by atoms with Crippen LogP contribution in [0.25, 0.3) is 0 Å². The number of carbonyl (C=O) groups is 2. The highest BCUT2D eigenvalue weighted by Crippen LogP contribution is 2.36. The second-order valence-electron chi connectivity index (χ2n) is 4.86. The van der Waals surface area contributed by atoms with Crippen molar-refractivity contribution >= 4 is 35.0 Å². The Kier molecular flexibility index (Phi) is 3.25. The SMILES string of the molecule is O=C1CCC(N2Cc3c(Cl)ccc(Cl)c3C2)C(=O)N1. The second-order valence-corrected chi connectivity index (χ2v) is 5.67. The molecule has 0 spiro atoms. The molecule has 0 saturated carbocycles. The largest absolute Gasteiger partial charge is 0.295 e. The van der Waals surface area contributed by atoms with Gasteiger partial charge in [0.05, 0.1) is 6.04 Å². The lowest BCUT2D eigenvalue weighted by Gasteiger charge is -2.29. The van der Waals surface area contributed by atoms with Crippen molar-refractivity contribution in [2.45, 2.75) is 32.0 Å². The first-order chi connectivity index (χ1) is 9.06. The van der Waals surface area contributed by atoms with E-state index in [0.29, 0.717) is 36.0 Å². The van der Waals surface area contributed by atoms with Gasteiger partial charge in [-0.25, -0.2) is 0 Å². The minimum atomic E-state index is -0.280. The molecule has 2 heterocycles. The average Bonchev–Trinajstić information content (AvgIpc) is 2.80. The van der Waals surface area contributed by atoms with Crippen molar-refractivity contribution in [2.24, 2.45) is 0 Å².